The van der Waals surface area contributed by atoms with Gasteiger partial charge < -0.3 is 45.7 Å². The number of methoxy groups -OCH3 is 1. The molecule has 7 N–H and O–H groups in total. The fraction of sp³-hybridized carbons (Fsp3) is 0.377. The number of allylic oxidation sites excluding steroid dienone is 4. The summed E-state index contributed by atoms with van der Waals surface area (Å²) in [4.78, 5) is 18.3. The van der Waals surface area contributed by atoms with E-state index < -0.39 is 17.8 Å². The van der Waals surface area contributed by atoms with E-state index in [1.807, 2.05) is 66.7 Å². The van der Waals surface area contributed by atoms with Crippen LogP contribution in [0, 0.1) is 23.9 Å². The van der Waals surface area contributed by atoms with Gasteiger partial charge in [0.1, 0.15) is 36.1 Å². The molecule has 6 atom stereocenters. The number of ether oxygens (including phenoxy) is 3. The molecule has 6 unspecified atom stereocenters. The predicted octanol–water partition coefficient (Wildman–Crippen LogP) is 11.0. The second-order valence-corrected chi connectivity index (χ2v) is 20.4. The Morgan fingerprint density at radius 1 is 0.972 bits per heavy atom. The molecule has 0 saturated carbocycles. The molecule has 4 aliphatic heterocycles. The van der Waals surface area contributed by atoms with Gasteiger partial charge in [-0.25, -0.2) is 0 Å². The number of aromatic hydroxyl groups is 1. The monoisotopic (exact) mass is 967 g/mol. The van der Waals surface area contributed by atoms with Crippen molar-refractivity contribution in [2.24, 2.45) is 22.6 Å². The van der Waals surface area contributed by atoms with Gasteiger partial charge in [0.25, 0.3) is 0 Å². The van der Waals surface area contributed by atoms with E-state index in [-0.39, 0.29) is 60.4 Å². The minimum atomic E-state index is -1.85. The number of hydrogen-bond donors (Lipinski definition) is 6. The molecular formula is C61H65N3O8. The number of fused-ring (bicyclic) bond motifs is 7. The summed E-state index contributed by atoms with van der Waals surface area (Å²) in [6.45, 7) is 2.11. The summed E-state index contributed by atoms with van der Waals surface area (Å²) >= 11 is 0. The maximum atomic E-state index is 14.2. The normalized spacial score (nSPS) is 23.7. The van der Waals surface area contributed by atoms with Crippen molar-refractivity contribution >= 4 is 34.3 Å². The molecule has 0 amide bonds. The number of unbranched alkanes of at least 4 members (excludes halogenated alkanes) is 1. The molecule has 372 valence electrons. The van der Waals surface area contributed by atoms with E-state index in [4.69, 9.17) is 19.9 Å². The van der Waals surface area contributed by atoms with Gasteiger partial charge >= 0.3 is 0 Å². The number of nitrogens with one attached hydrogen (secondary N) is 1. The highest BCUT2D eigenvalue weighted by Crippen LogP contribution is 2.58. The number of aryl methyl sites for hydroxylation is 3. The first-order valence-corrected chi connectivity index (χ1v) is 25.6. The molecule has 11 nitrogen and oxygen atoms in total. The first-order valence-electron chi connectivity index (χ1n) is 25.6. The summed E-state index contributed by atoms with van der Waals surface area (Å²) in [5.74, 6) is 5.00. The molecule has 0 saturated heterocycles. The molecule has 5 aromatic carbocycles. The summed E-state index contributed by atoms with van der Waals surface area (Å²) < 4.78 is 19.2. The lowest BCUT2D eigenvalue weighted by Gasteiger charge is -2.43. The van der Waals surface area contributed by atoms with E-state index in [9.17, 15) is 25.2 Å². The Morgan fingerprint density at radius 2 is 1.82 bits per heavy atom. The fourth-order valence-electron chi connectivity index (χ4n) is 12.5. The van der Waals surface area contributed by atoms with Crippen molar-refractivity contribution in [1.29, 1.82) is 0 Å². The van der Waals surface area contributed by atoms with Crippen LogP contribution in [-0.4, -0.2) is 52.4 Å². The van der Waals surface area contributed by atoms with Crippen LogP contribution in [-0.2, 0) is 40.8 Å². The molecule has 5 aromatic rings. The molecule has 11 heteroatoms. The number of carbonyl (C=O) groups is 1. The topological polar surface area (TPSA) is 176 Å². The number of benzene rings is 5. The largest absolute Gasteiger partial charge is 0.508 e. The van der Waals surface area contributed by atoms with E-state index in [0.717, 1.165) is 75.5 Å². The molecule has 12 rings (SSSR count). The van der Waals surface area contributed by atoms with Gasteiger partial charge in [0.15, 0.2) is 23.7 Å². The lowest BCUT2D eigenvalue weighted by atomic mass is 9.58. The number of phenolic OH excluding ortho intramolecular Hbond substituents is 1. The van der Waals surface area contributed by atoms with Gasteiger partial charge in [0, 0.05) is 54.1 Å². The SMILES string of the molecule is CN=C(N)Nc1cccc(CCCCC2C=C3CCC(c4ccccc4)C45C#COC(CC(=O)CCc6ccc(OC)c(c6)OCc6c(C(O)O)c(c7c4c(O)cc4c7c6C=CC4C)CC5)CC2C=C3O)c1. The maximum absolute atomic E-state index is 14.2. The molecule has 7 aliphatic rings. The van der Waals surface area contributed by atoms with E-state index in [1.54, 1.807) is 14.2 Å². The Hall–Kier alpha value is -7.00. The number of aliphatic hydroxyl groups is 3. The van der Waals surface area contributed by atoms with Crippen molar-refractivity contribution in [3.63, 3.8) is 0 Å². The van der Waals surface area contributed by atoms with Crippen molar-refractivity contribution in [2.75, 3.05) is 19.5 Å². The molecule has 0 aromatic heterocycles. The third-order valence-corrected chi connectivity index (χ3v) is 16.0. The number of Topliss-reactive ketones (excluding diaryl/α,β-unsaturated/α-hetero) is 1. The Balaban J connectivity index is 1.12. The summed E-state index contributed by atoms with van der Waals surface area (Å²) in [6.07, 6.45) is 16.1. The Kier molecular flexibility index (Phi) is 13.9. The third-order valence-electron chi connectivity index (χ3n) is 16.0. The van der Waals surface area contributed by atoms with Crippen LogP contribution in [0.2, 0.25) is 0 Å². The van der Waals surface area contributed by atoms with Crippen LogP contribution >= 0.6 is 0 Å². The van der Waals surface area contributed by atoms with Gasteiger partial charge in [-0.15, -0.1) is 0 Å². The number of anilines is 1. The average molecular weight is 968 g/mol. The Labute approximate surface area is 422 Å². The van der Waals surface area contributed by atoms with Gasteiger partial charge in [-0.2, -0.15) is 0 Å². The summed E-state index contributed by atoms with van der Waals surface area (Å²) in [7, 11) is 3.24. The average Bonchev–Trinajstić information content (AvgIpc) is 3.39. The van der Waals surface area contributed by atoms with Crippen LogP contribution in [0.15, 0.2) is 113 Å². The number of phenols is 1. The van der Waals surface area contributed by atoms with Crippen molar-refractivity contribution in [1.82, 2.24) is 0 Å². The van der Waals surface area contributed by atoms with Crippen LogP contribution in [0.3, 0.4) is 0 Å². The van der Waals surface area contributed by atoms with E-state index >= 15 is 0 Å². The second kappa shape index (κ2) is 20.6. The molecule has 0 fully saturated rings. The van der Waals surface area contributed by atoms with Gasteiger partial charge in [-0.3, -0.25) is 9.79 Å². The highest BCUT2D eigenvalue weighted by molar-refractivity contribution is 6.04. The number of ketones is 1. The second-order valence-electron chi connectivity index (χ2n) is 20.4. The molecule has 72 heavy (non-hydrogen) atoms. The number of rotatable bonds is 9. The Bertz CT molecular complexity index is 3090. The van der Waals surface area contributed by atoms with Crippen LogP contribution in [0.25, 0.3) is 16.8 Å². The number of aliphatic imine (C=N–C) groups is 1. The van der Waals surface area contributed by atoms with Crippen LogP contribution in [0.1, 0.15) is 133 Å². The smallest absolute Gasteiger partial charge is 0.192 e. The van der Waals surface area contributed by atoms with Crippen LogP contribution < -0.4 is 20.5 Å². The van der Waals surface area contributed by atoms with Crippen LogP contribution in [0.4, 0.5) is 5.69 Å². The molecule has 4 heterocycles. The fourth-order valence-corrected chi connectivity index (χ4v) is 12.5. The van der Waals surface area contributed by atoms with Crippen molar-refractivity contribution in [3.05, 3.63) is 158 Å². The zero-order valence-electron chi connectivity index (χ0n) is 41.4. The number of nitrogens with zero attached hydrogens (tertiary/aromatic N) is 1. The van der Waals surface area contributed by atoms with Crippen molar-refractivity contribution in [3.8, 4) is 29.3 Å². The maximum Gasteiger partial charge on any atom is 0.192 e. The Morgan fingerprint density at radius 3 is 2.62 bits per heavy atom. The summed E-state index contributed by atoms with van der Waals surface area (Å²) in [5, 5.41) is 52.6. The molecule has 3 aliphatic carbocycles. The molecule has 1 spiro atoms. The number of guanidine groups is 1. The van der Waals surface area contributed by atoms with E-state index in [1.165, 1.54) is 5.56 Å². The number of hydrogen-bond acceptors (Lipinski definition) is 9. The zero-order chi connectivity index (χ0) is 50.1. The minimum Gasteiger partial charge on any atom is -0.508 e. The quantitative estimate of drug-likeness (QED) is 0.0274. The number of nitrogens with two attached hydrogens (primary N) is 1. The van der Waals surface area contributed by atoms with Crippen LogP contribution in [0.5, 0.6) is 17.2 Å². The van der Waals surface area contributed by atoms with Gasteiger partial charge in [0.05, 0.1) is 12.5 Å². The standard InChI is InChI=1S/C61H65N3O8/c1-36-16-21-46-49-35-72-54-29-38(18-23-53(54)70-3)17-20-44(65)33-45-31-42-32-51(66)41(30-40(42)14-8-7-10-37-11-9-15-43(28-37)64-60(62)63-2)19-22-50(39-12-5-4-6-13-39)61(26-27-71-45)25-24-47(56(49)59(68)69)57-55(46)48(36)34-52(67)58(57)61/h4-6,9,11-13,15-16,18,21,23,28-30,32,34,36,40,42,45,50,59,66-69H,7-8,10,14,17,19-20,22,24-25,31,33,35H2,1-3H3,(H3,62,63,64). The highest BCUT2D eigenvalue weighted by Gasteiger charge is 2.48. The number of carbonyl (C=O) groups excluding carboxylic acids is 1. The first-order chi connectivity index (χ1) is 34.9. The van der Waals surface area contributed by atoms with E-state index in [0.29, 0.717) is 72.7 Å². The molecular weight excluding hydrogens is 903 g/mol. The molecule has 11 bridgehead atoms. The van der Waals surface area contributed by atoms with Crippen molar-refractivity contribution in [2.45, 2.75) is 120 Å². The lowest BCUT2D eigenvalue weighted by Crippen LogP contribution is -2.37. The number of aliphatic hydroxyl groups excluding tert-OH is 2. The third kappa shape index (κ3) is 9.46. The molecule has 0 radical (unpaired) electrons. The predicted molar refractivity (Wildman–Crippen MR) is 282 cm³/mol. The summed E-state index contributed by atoms with van der Waals surface area (Å²) in [6, 6.07) is 26.1. The van der Waals surface area contributed by atoms with Gasteiger partial charge in [0.2, 0.25) is 0 Å². The minimum absolute atomic E-state index is 0.0104. The first kappa shape index (κ1) is 48.6. The highest BCUT2D eigenvalue weighted by atomic mass is 16.5. The van der Waals surface area contributed by atoms with Gasteiger partial charge in [-0.1, -0.05) is 80.1 Å². The van der Waals surface area contributed by atoms with Gasteiger partial charge in [-0.05, 0) is 162 Å². The van der Waals surface area contributed by atoms with E-state index in [2.05, 4.69) is 65.7 Å². The lowest BCUT2D eigenvalue weighted by molar-refractivity contribution is -0.121. The van der Waals surface area contributed by atoms with Crippen molar-refractivity contribution < 1.29 is 39.4 Å². The zero-order valence-corrected chi connectivity index (χ0v) is 41.4. The summed E-state index contributed by atoms with van der Waals surface area (Å²) in [5.41, 5.74) is 13.9.